The van der Waals surface area contributed by atoms with Gasteiger partial charge in [-0.05, 0) is 24.3 Å². The Morgan fingerprint density at radius 2 is 1.79 bits per heavy atom. The summed E-state index contributed by atoms with van der Waals surface area (Å²) in [6, 6.07) is 6.07. The van der Waals surface area contributed by atoms with Gasteiger partial charge in [0.15, 0.2) is 17.3 Å². The number of halogens is 2. The predicted molar refractivity (Wildman–Crippen MR) is 99.2 cm³/mol. The van der Waals surface area contributed by atoms with Crippen LogP contribution in [0, 0.1) is 11.6 Å². The van der Waals surface area contributed by atoms with Crippen LogP contribution in [0.1, 0.15) is 0 Å². The number of rotatable bonds is 4. The molecule has 0 saturated heterocycles. The number of sulfonamides is 1. The molecule has 4 rings (SSSR count). The van der Waals surface area contributed by atoms with Crippen molar-refractivity contribution in [2.24, 2.45) is 5.14 Å². The van der Waals surface area contributed by atoms with Gasteiger partial charge in [0.1, 0.15) is 0 Å². The van der Waals surface area contributed by atoms with Crippen LogP contribution in [-0.4, -0.2) is 30.5 Å². The summed E-state index contributed by atoms with van der Waals surface area (Å²) in [7, 11) is -2.83. The molecule has 4 aromatic rings. The van der Waals surface area contributed by atoms with Crippen molar-refractivity contribution in [1.82, 2.24) is 15.0 Å². The summed E-state index contributed by atoms with van der Waals surface area (Å²) >= 11 is 0. The molecule has 0 spiro atoms. The molecule has 3 heterocycles. The molecule has 2 N–H and O–H groups in total. The zero-order valence-corrected chi connectivity index (χ0v) is 15.6. The number of hydrogen-bond donors (Lipinski definition) is 1. The van der Waals surface area contributed by atoms with Gasteiger partial charge >= 0.3 is 0 Å². The van der Waals surface area contributed by atoms with E-state index in [4.69, 9.17) is 14.6 Å². The number of hydrogen-bond acceptors (Lipinski definition) is 7. The number of nitrogens with zero attached hydrogens (tertiary/aromatic N) is 3. The fourth-order valence-electron chi connectivity index (χ4n) is 2.78. The molecule has 8 nitrogen and oxygen atoms in total. The minimum absolute atomic E-state index is 0.108. The SMILES string of the molecule is COc1ccc2c(ncc3ccnc(Oc4c(F)cc(S(N)(=O)=O)cc4F)c32)n1. The normalized spacial score (nSPS) is 11.7. The number of aromatic nitrogens is 3. The van der Waals surface area contributed by atoms with Gasteiger partial charge in [0.2, 0.25) is 27.5 Å². The summed E-state index contributed by atoms with van der Waals surface area (Å²) in [5, 5.41) is 6.45. The summed E-state index contributed by atoms with van der Waals surface area (Å²) in [6.07, 6.45) is 2.89. The van der Waals surface area contributed by atoms with E-state index in [1.165, 1.54) is 19.5 Å². The number of ether oxygens (including phenoxy) is 2. The molecular weight excluding hydrogens is 406 g/mol. The molecule has 1 aromatic carbocycles. The highest BCUT2D eigenvalue weighted by Crippen LogP contribution is 2.35. The lowest BCUT2D eigenvalue weighted by molar-refractivity contribution is 0.397. The van der Waals surface area contributed by atoms with Crippen molar-refractivity contribution in [3.8, 4) is 17.5 Å². The number of fused-ring (bicyclic) bond motifs is 3. The lowest BCUT2D eigenvalue weighted by Gasteiger charge is -2.12. The Bertz CT molecular complexity index is 1360. The van der Waals surface area contributed by atoms with Crippen LogP contribution >= 0.6 is 0 Å². The van der Waals surface area contributed by atoms with Crippen molar-refractivity contribution in [3.05, 3.63) is 54.4 Å². The van der Waals surface area contributed by atoms with Crippen molar-refractivity contribution in [2.45, 2.75) is 4.90 Å². The Morgan fingerprint density at radius 1 is 1.07 bits per heavy atom. The average molecular weight is 418 g/mol. The molecule has 0 saturated carbocycles. The van der Waals surface area contributed by atoms with Crippen molar-refractivity contribution in [2.75, 3.05) is 7.11 Å². The van der Waals surface area contributed by atoms with E-state index in [2.05, 4.69) is 15.0 Å². The Hall–Kier alpha value is -3.44. The zero-order valence-electron chi connectivity index (χ0n) is 14.8. The van der Waals surface area contributed by atoms with E-state index in [9.17, 15) is 17.2 Å². The molecule has 0 aliphatic heterocycles. The van der Waals surface area contributed by atoms with Crippen LogP contribution in [0.3, 0.4) is 0 Å². The van der Waals surface area contributed by atoms with E-state index in [0.717, 1.165) is 0 Å². The first-order valence-corrected chi connectivity index (χ1v) is 9.60. The van der Waals surface area contributed by atoms with Crippen molar-refractivity contribution >= 4 is 31.8 Å². The molecule has 0 aliphatic carbocycles. The number of pyridine rings is 3. The maximum atomic E-state index is 14.4. The summed E-state index contributed by atoms with van der Waals surface area (Å²) < 4.78 is 61.9. The van der Waals surface area contributed by atoms with Crippen LogP contribution in [0.2, 0.25) is 0 Å². The smallest absolute Gasteiger partial charge is 0.238 e. The van der Waals surface area contributed by atoms with Gasteiger partial charge < -0.3 is 9.47 Å². The first kappa shape index (κ1) is 18.9. The topological polar surface area (TPSA) is 117 Å². The fraction of sp³-hybridized carbons (Fsp3) is 0.0556. The van der Waals surface area contributed by atoms with Gasteiger partial charge in [-0.2, -0.15) is 4.98 Å². The molecular formula is C18H12F2N4O4S. The molecule has 0 fully saturated rings. The summed E-state index contributed by atoms with van der Waals surface area (Å²) in [6.45, 7) is 0. The van der Waals surface area contributed by atoms with Crippen LogP contribution in [0.5, 0.6) is 17.5 Å². The summed E-state index contributed by atoms with van der Waals surface area (Å²) in [4.78, 5) is 11.8. The van der Waals surface area contributed by atoms with Gasteiger partial charge in [0.05, 0.1) is 17.4 Å². The van der Waals surface area contributed by atoms with Gasteiger partial charge in [-0.3, -0.25) is 0 Å². The highest BCUT2D eigenvalue weighted by molar-refractivity contribution is 7.89. The quantitative estimate of drug-likeness (QED) is 0.506. The third kappa shape index (κ3) is 3.41. The Kier molecular flexibility index (Phi) is 4.47. The zero-order chi connectivity index (χ0) is 20.8. The number of methoxy groups -OCH3 is 1. The maximum Gasteiger partial charge on any atom is 0.238 e. The molecule has 11 heteroatoms. The lowest BCUT2D eigenvalue weighted by atomic mass is 10.1. The Balaban J connectivity index is 1.90. The van der Waals surface area contributed by atoms with Gasteiger partial charge in [0, 0.05) is 29.2 Å². The molecule has 0 atom stereocenters. The van der Waals surface area contributed by atoms with E-state index < -0.39 is 32.3 Å². The molecule has 0 bridgehead atoms. The van der Waals surface area contributed by atoms with E-state index in [1.54, 1.807) is 18.2 Å². The second kappa shape index (κ2) is 6.87. The minimum Gasteiger partial charge on any atom is -0.481 e. The second-order valence-electron chi connectivity index (χ2n) is 5.93. The van der Waals surface area contributed by atoms with E-state index >= 15 is 0 Å². The average Bonchev–Trinajstić information content (AvgIpc) is 2.69. The van der Waals surface area contributed by atoms with Crippen molar-refractivity contribution < 1.29 is 26.7 Å². The van der Waals surface area contributed by atoms with Gasteiger partial charge in [-0.25, -0.2) is 32.3 Å². The maximum absolute atomic E-state index is 14.4. The Morgan fingerprint density at radius 3 is 2.45 bits per heavy atom. The first-order valence-electron chi connectivity index (χ1n) is 8.06. The minimum atomic E-state index is -4.29. The van der Waals surface area contributed by atoms with Gasteiger partial charge in [-0.15, -0.1) is 0 Å². The van der Waals surface area contributed by atoms with E-state index in [1.807, 2.05) is 0 Å². The highest BCUT2D eigenvalue weighted by Gasteiger charge is 2.20. The monoisotopic (exact) mass is 418 g/mol. The van der Waals surface area contributed by atoms with Crippen LogP contribution in [0.4, 0.5) is 8.78 Å². The molecule has 3 aromatic heterocycles. The third-order valence-electron chi connectivity index (χ3n) is 4.10. The number of primary sulfonamides is 1. The van der Waals surface area contributed by atoms with Crippen LogP contribution in [-0.2, 0) is 10.0 Å². The van der Waals surface area contributed by atoms with E-state index in [-0.39, 0.29) is 5.88 Å². The van der Waals surface area contributed by atoms with Gasteiger partial charge in [-0.1, -0.05) is 0 Å². The van der Waals surface area contributed by atoms with Gasteiger partial charge in [0.25, 0.3) is 0 Å². The molecule has 0 radical (unpaired) electrons. The molecule has 0 aliphatic rings. The van der Waals surface area contributed by atoms with Crippen LogP contribution in [0.25, 0.3) is 21.8 Å². The first-order chi connectivity index (χ1) is 13.8. The Labute approximate surface area is 163 Å². The molecule has 0 amide bonds. The number of benzene rings is 1. The van der Waals surface area contributed by atoms with E-state index in [0.29, 0.717) is 39.8 Å². The molecule has 29 heavy (non-hydrogen) atoms. The molecule has 148 valence electrons. The standard InChI is InChI=1S/C18H12F2N4O4S/c1-27-14-3-2-11-15-9(8-23-17(11)24-14)4-5-22-18(15)28-16-12(19)6-10(7-13(16)20)29(21,25)26/h2-8H,1H3,(H2,21,25,26). The third-order valence-corrected chi connectivity index (χ3v) is 4.99. The van der Waals surface area contributed by atoms with Crippen molar-refractivity contribution in [1.29, 1.82) is 0 Å². The molecule has 0 unspecified atom stereocenters. The number of nitrogens with two attached hydrogens (primary N) is 1. The van der Waals surface area contributed by atoms with Crippen LogP contribution < -0.4 is 14.6 Å². The van der Waals surface area contributed by atoms with Crippen molar-refractivity contribution in [3.63, 3.8) is 0 Å². The predicted octanol–water partition coefficient (Wildman–Crippen LogP) is 2.90. The van der Waals surface area contributed by atoms with Crippen LogP contribution in [0.15, 0.2) is 47.6 Å². The second-order valence-corrected chi connectivity index (χ2v) is 7.49. The summed E-state index contributed by atoms with van der Waals surface area (Å²) in [5.41, 5.74) is 0.320. The lowest BCUT2D eigenvalue weighted by Crippen LogP contribution is -2.13. The highest BCUT2D eigenvalue weighted by atomic mass is 32.2. The largest absolute Gasteiger partial charge is 0.481 e. The summed E-state index contributed by atoms with van der Waals surface area (Å²) in [5.74, 6) is -3.07. The fourth-order valence-corrected chi connectivity index (χ4v) is 3.31.